The molecule has 0 aromatic heterocycles. The molecule has 0 radical (unpaired) electrons. The van der Waals surface area contributed by atoms with Gasteiger partial charge < -0.3 is 9.47 Å². The molecule has 0 saturated heterocycles. The van der Waals surface area contributed by atoms with Gasteiger partial charge in [-0.3, -0.25) is 0 Å². The normalized spacial score (nSPS) is 17.8. The maximum absolute atomic E-state index is 6.56. The topological polar surface area (TPSA) is 30.8 Å². The number of fused-ring (bicyclic) bond motifs is 3. The molecule has 1 unspecified atom stereocenters. The third kappa shape index (κ3) is 4.07. The minimum atomic E-state index is -0.217. The Labute approximate surface area is 179 Å². The summed E-state index contributed by atoms with van der Waals surface area (Å²) in [7, 11) is 1.69. The molecular formula is C27H31NO2. The van der Waals surface area contributed by atoms with Crippen LogP contribution in [0.5, 0.6) is 5.75 Å². The van der Waals surface area contributed by atoms with Crippen molar-refractivity contribution in [3.8, 4) is 5.75 Å². The molecule has 1 heterocycles. The highest BCUT2D eigenvalue weighted by Gasteiger charge is 2.35. The zero-order valence-electron chi connectivity index (χ0n) is 18.8. The van der Waals surface area contributed by atoms with E-state index in [4.69, 9.17) is 14.5 Å². The lowest BCUT2D eigenvalue weighted by molar-refractivity contribution is 0.240. The number of rotatable bonds is 4. The number of nitrogens with zero attached hydrogens (tertiary/aromatic N) is 1. The van der Waals surface area contributed by atoms with E-state index in [9.17, 15) is 0 Å². The van der Waals surface area contributed by atoms with Crippen molar-refractivity contribution in [3.63, 3.8) is 0 Å². The monoisotopic (exact) mass is 401 g/mol. The van der Waals surface area contributed by atoms with Crippen molar-refractivity contribution < 1.29 is 9.47 Å². The first-order chi connectivity index (χ1) is 14.2. The second-order valence-electron chi connectivity index (χ2n) is 9.99. The summed E-state index contributed by atoms with van der Waals surface area (Å²) in [5, 5.41) is 2.43. The molecule has 1 aliphatic rings. The van der Waals surface area contributed by atoms with Gasteiger partial charge in [-0.15, -0.1) is 0 Å². The molecule has 4 rings (SSSR count). The summed E-state index contributed by atoms with van der Waals surface area (Å²) in [6.07, 6.45) is 0.796. The van der Waals surface area contributed by atoms with Crippen LogP contribution in [0.1, 0.15) is 63.8 Å². The Balaban J connectivity index is 1.85. The van der Waals surface area contributed by atoms with E-state index in [1.54, 1.807) is 7.11 Å². The van der Waals surface area contributed by atoms with Crippen molar-refractivity contribution in [1.29, 1.82) is 0 Å². The average Bonchev–Trinajstić information content (AvgIpc) is 3.04. The van der Waals surface area contributed by atoms with Crippen molar-refractivity contribution >= 4 is 16.7 Å². The van der Waals surface area contributed by atoms with Crippen molar-refractivity contribution in [2.45, 2.75) is 52.7 Å². The van der Waals surface area contributed by atoms with Crippen LogP contribution in [-0.4, -0.2) is 18.5 Å². The zero-order chi connectivity index (χ0) is 21.5. The van der Waals surface area contributed by atoms with Crippen molar-refractivity contribution in [1.82, 2.24) is 0 Å². The van der Waals surface area contributed by atoms with Crippen LogP contribution in [0.15, 0.2) is 65.7 Å². The highest BCUT2D eigenvalue weighted by atomic mass is 16.5. The third-order valence-electron chi connectivity index (χ3n) is 5.48. The molecule has 0 fully saturated rings. The molecule has 0 aliphatic carbocycles. The van der Waals surface area contributed by atoms with Crippen molar-refractivity contribution in [2.24, 2.45) is 10.4 Å². The predicted molar refractivity (Wildman–Crippen MR) is 125 cm³/mol. The van der Waals surface area contributed by atoms with Crippen LogP contribution in [0.25, 0.3) is 10.8 Å². The number of hydrogen-bond acceptors (Lipinski definition) is 3. The fourth-order valence-corrected chi connectivity index (χ4v) is 4.71. The number of hydrogen-bond donors (Lipinski definition) is 0. The number of methoxy groups -OCH3 is 1. The van der Waals surface area contributed by atoms with Crippen molar-refractivity contribution in [3.05, 3.63) is 77.4 Å². The summed E-state index contributed by atoms with van der Waals surface area (Å²) in [6, 6.07) is 21.0. The van der Waals surface area contributed by atoms with Crippen LogP contribution in [0.2, 0.25) is 0 Å². The molecule has 1 atom stereocenters. The second-order valence-corrected chi connectivity index (χ2v) is 9.99. The molecule has 156 valence electrons. The first-order valence-corrected chi connectivity index (χ1v) is 10.6. The van der Waals surface area contributed by atoms with E-state index in [2.05, 4.69) is 83.1 Å². The summed E-state index contributed by atoms with van der Waals surface area (Å²) < 4.78 is 11.9. The predicted octanol–water partition coefficient (Wildman–Crippen LogP) is 6.93. The summed E-state index contributed by atoms with van der Waals surface area (Å²) in [5.74, 6) is 1.58. The average molecular weight is 402 g/mol. The minimum absolute atomic E-state index is 0.179. The van der Waals surface area contributed by atoms with Gasteiger partial charge in [0.2, 0.25) is 5.90 Å². The summed E-state index contributed by atoms with van der Waals surface area (Å²) in [4.78, 5) is 5.12. The van der Waals surface area contributed by atoms with E-state index in [1.165, 1.54) is 16.3 Å². The fraction of sp³-hybridized carbons (Fsp3) is 0.370. The van der Waals surface area contributed by atoms with E-state index in [1.807, 2.05) is 12.1 Å². The smallest absolute Gasteiger partial charge is 0.218 e. The Morgan fingerprint density at radius 1 is 0.900 bits per heavy atom. The summed E-state index contributed by atoms with van der Waals surface area (Å²) >= 11 is 0. The van der Waals surface area contributed by atoms with Gasteiger partial charge in [-0.05, 0) is 60.2 Å². The van der Waals surface area contributed by atoms with Crippen LogP contribution in [0.4, 0.5) is 0 Å². The molecule has 1 aliphatic heterocycles. The molecule has 0 amide bonds. The van der Waals surface area contributed by atoms with Crippen LogP contribution in [0.3, 0.4) is 0 Å². The molecule has 3 nitrogen and oxygen atoms in total. The lowest BCUT2D eigenvalue weighted by Gasteiger charge is -2.29. The SMILES string of the molecule is COc1ccc(C2OC(=NC(C)(C)CC(C)(C)C)c3ccc4ccccc4c32)cc1. The maximum Gasteiger partial charge on any atom is 0.218 e. The largest absolute Gasteiger partial charge is 0.497 e. The van der Waals surface area contributed by atoms with Gasteiger partial charge in [0.05, 0.1) is 12.6 Å². The third-order valence-corrected chi connectivity index (χ3v) is 5.48. The Bertz CT molecular complexity index is 1090. The Hall–Kier alpha value is -2.81. The molecule has 0 spiro atoms. The van der Waals surface area contributed by atoms with E-state index in [0.717, 1.165) is 29.2 Å². The van der Waals surface area contributed by atoms with E-state index >= 15 is 0 Å². The molecule has 0 bridgehead atoms. The summed E-state index contributed by atoms with van der Waals surface area (Å²) in [6.45, 7) is 11.1. The molecular weight excluding hydrogens is 370 g/mol. The first kappa shape index (κ1) is 20.5. The number of ether oxygens (including phenoxy) is 2. The maximum atomic E-state index is 6.56. The number of benzene rings is 3. The second kappa shape index (κ2) is 7.46. The van der Waals surface area contributed by atoms with Crippen LogP contribution in [-0.2, 0) is 4.74 Å². The lowest BCUT2D eigenvalue weighted by atomic mass is 9.82. The van der Waals surface area contributed by atoms with Gasteiger partial charge in [0.15, 0.2) is 6.10 Å². The molecule has 0 N–H and O–H groups in total. The van der Waals surface area contributed by atoms with Crippen LogP contribution >= 0.6 is 0 Å². The molecule has 30 heavy (non-hydrogen) atoms. The lowest BCUT2D eigenvalue weighted by Crippen LogP contribution is -2.26. The Morgan fingerprint density at radius 3 is 2.27 bits per heavy atom. The molecule has 3 aromatic rings. The van der Waals surface area contributed by atoms with Crippen LogP contribution in [0, 0.1) is 5.41 Å². The van der Waals surface area contributed by atoms with Crippen LogP contribution < -0.4 is 4.74 Å². The van der Waals surface area contributed by atoms with E-state index in [0.29, 0.717) is 0 Å². The van der Waals surface area contributed by atoms with Gasteiger partial charge in [0, 0.05) is 11.1 Å². The van der Waals surface area contributed by atoms with E-state index in [-0.39, 0.29) is 17.1 Å². The van der Waals surface area contributed by atoms with Gasteiger partial charge in [-0.2, -0.15) is 0 Å². The molecule has 3 heteroatoms. The highest BCUT2D eigenvalue weighted by Crippen LogP contribution is 2.42. The molecule has 3 aromatic carbocycles. The van der Waals surface area contributed by atoms with Gasteiger partial charge in [0.1, 0.15) is 5.75 Å². The highest BCUT2D eigenvalue weighted by molar-refractivity contribution is 6.05. The van der Waals surface area contributed by atoms with Gasteiger partial charge in [-0.25, -0.2) is 4.99 Å². The number of aliphatic imine (C=N–C) groups is 1. The summed E-state index contributed by atoms with van der Waals surface area (Å²) in [5.41, 5.74) is 3.37. The van der Waals surface area contributed by atoms with Gasteiger partial charge >= 0.3 is 0 Å². The zero-order valence-corrected chi connectivity index (χ0v) is 18.8. The van der Waals surface area contributed by atoms with Gasteiger partial charge in [-0.1, -0.05) is 63.2 Å². The Morgan fingerprint density at radius 2 is 1.60 bits per heavy atom. The minimum Gasteiger partial charge on any atom is -0.497 e. The standard InChI is InChI=1S/C27H31NO2/c1-26(2,3)17-27(4,5)28-25-22-16-13-18-9-7-8-10-21(18)23(22)24(30-25)19-11-14-20(29-6)15-12-19/h7-16,24H,17H2,1-6H3. The van der Waals surface area contributed by atoms with Gasteiger partial charge in [0.25, 0.3) is 0 Å². The Kier molecular flexibility index (Phi) is 5.09. The quantitative estimate of drug-likeness (QED) is 0.474. The van der Waals surface area contributed by atoms with E-state index < -0.39 is 0 Å². The fourth-order valence-electron chi connectivity index (χ4n) is 4.71. The van der Waals surface area contributed by atoms with Crippen molar-refractivity contribution in [2.75, 3.05) is 7.11 Å². The molecule has 0 saturated carbocycles. The first-order valence-electron chi connectivity index (χ1n) is 10.6.